The van der Waals surface area contributed by atoms with Crippen molar-refractivity contribution in [2.45, 2.75) is 37.8 Å². The monoisotopic (exact) mass is 468 g/mol. The van der Waals surface area contributed by atoms with E-state index in [0.29, 0.717) is 6.54 Å². The van der Waals surface area contributed by atoms with Crippen molar-refractivity contribution in [1.82, 2.24) is 4.90 Å². The molecule has 1 saturated heterocycles. The SMILES string of the molecule is COc1cc2c(cc1OC)C1(CCN(Cc3ccc(CCN)cc3)CC1)OCC2.Cl.Cl. The molecule has 2 heterocycles. The first-order valence-electron chi connectivity index (χ1n) is 10.6. The maximum Gasteiger partial charge on any atom is 0.161 e. The summed E-state index contributed by atoms with van der Waals surface area (Å²) in [5.41, 5.74) is 10.7. The van der Waals surface area contributed by atoms with Crippen LogP contribution in [0.25, 0.3) is 0 Å². The standard InChI is InChI=1S/C24H32N2O3.2ClH/c1-27-22-15-20-8-14-29-24(21(20)16-23(22)28-2)9-12-26(13-10-24)17-19-5-3-18(4-6-19)7-11-25;;/h3-6,15-16H,7-14,17,25H2,1-2H3;2*1H. The lowest BCUT2D eigenvalue weighted by Gasteiger charge is -2.45. The Labute approximate surface area is 198 Å². The van der Waals surface area contributed by atoms with Gasteiger partial charge in [0.25, 0.3) is 0 Å². The molecule has 0 bridgehead atoms. The van der Waals surface area contributed by atoms with Gasteiger partial charge in [0.2, 0.25) is 0 Å². The smallest absolute Gasteiger partial charge is 0.161 e. The van der Waals surface area contributed by atoms with Crippen LogP contribution in [0.3, 0.4) is 0 Å². The van der Waals surface area contributed by atoms with Gasteiger partial charge in [-0.3, -0.25) is 4.90 Å². The zero-order valence-electron chi connectivity index (χ0n) is 18.4. The minimum absolute atomic E-state index is 0. The molecule has 0 atom stereocenters. The third kappa shape index (κ3) is 5.47. The number of nitrogens with zero attached hydrogens (tertiary/aromatic N) is 1. The summed E-state index contributed by atoms with van der Waals surface area (Å²) in [7, 11) is 3.39. The van der Waals surface area contributed by atoms with Crippen LogP contribution in [0, 0.1) is 0 Å². The molecule has 2 N–H and O–H groups in total. The lowest BCUT2D eigenvalue weighted by atomic mass is 9.79. The Bertz CT molecular complexity index is 837. The Morgan fingerprint density at radius 3 is 2.19 bits per heavy atom. The molecule has 5 nitrogen and oxygen atoms in total. The van der Waals surface area contributed by atoms with Crippen LogP contribution in [0.5, 0.6) is 11.5 Å². The lowest BCUT2D eigenvalue weighted by Crippen LogP contribution is -2.46. The highest BCUT2D eigenvalue weighted by atomic mass is 35.5. The number of rotatable bonds is 6. The molecule has 31 heavy (non-hydrogen) atoms. The second kappa shape index (κ2) is 11.4. The number of piperidine rings is 1. The van der Waals surface area contributed by atoms with Crippen molar-refractivity contribution >= 4 is 24.8 Å². The summed E-state index contributed by atoms with van der Waals surface area (Å²) in [5, 5.41) is 0. The molecule has 1 spiro atoms. The zero-order chi connectivity index (χ0) is 20.3. The molecule has 172 valence electrons. The molecule has 0 amide bonds. The van der Waals surface area contributed by atoms with E-state index in [2.05, 4.69) is 41.3 Å². The van der Waals surface area contributed by atoms with Gasteiger partial charge in [0.05, 0.1) is 26.4 Å². The summed E-state index contributed by atoms with van der Waals surface area (Å²) >= 11 is 0. The number of methoxy groups -OCH3 is 2. The Morgan fingerprint density at radius 1 is 0.968 bits per heavy atom. The van der Waals surface area contributed by atoms with Gasteiger partial charge in [-0.1, -0.05) is 24.3 Å². The quantitative estimate of drug-likeness (QED) is 0.690. The number of hydrogen-bond donors (Lipinski definition) is 1. The van der Waals surface area contributed by atoms with Crippen molar-refractivity contribution in [3.8, 4) is 11.5 Å². The van der Waals surface area contributed by atoms with Crippen molar-refractivity contribution < 1.29 is 14.2 Å². The first-order chi connectivity index (χ1) is 14.2. The van der Waals surface area contributed by atoms with E-state index in [-0.39, 0.29) is 30.4 Å². The fourth-order valence-electron chi connectivity index (χ4n) is 4.71. The minimum atomic E-state index is -0.200. The highest BCUT2D eigenvalue weighted by molar-refractivity contribution is 5.85. The van der Waals surface area contributed by atoms with Crippen LogP contribution < -0.4 is 15.2 Å². The van der Waals surface area contributed by atoms with Crippen molar-refractivity contribution in [3.63, 3.8) is 0 Å². The number of halogens is 2. The van der Waals surface area contributed by atoms with Gasteiger partial charge in [-0.15, -0.1) is 24.8 Å². The van der Waals surface area contributed by atoms with E-state index in [4.69, 9.17) is 19.9 Å². The molecule has 1 fully saturated rings. The molecular formula is C24H34Cl2N2O3. The van der Waals surface area contributed by atoms with Crippen LogP contribution in [0.4, 0.5) is 0 Å². The average molecular weight is 469 g/mol. The van der Waals surface area contributed by atoms with Gasteiger partial charge in [0, 0.05) is 19.6 Å². The van der Waals surface area contributed by atoms with Gasteiger partial charge in [-0.2, -0.15) is 0 Å². The van der Waals surface area contributed by atoms with E-state index in [9.17, 15) is 0 Å². The highest BCUT2D eigenvalue weighted by Gasteiger charge is 2.41. The Kier molecular flexibility index (Phi) is 9.46. The predicted molar refractivity (Wildman–Crippen MR) is 129 cm³/mol. The molecule has 0 aromatic heterocycles. The largest absolute Gasteiger partial charge is 0.493 e. The van der Waals surface area contributed by atoms with E-state index in [1.54, 1.807) is 14.2 Å². The molecular weight excluding hydrogens is 435 g/mol. The minimum Gasteiger partial charge on any atom is -0.493 e. The summed E-state index contributed by atoms with van der Waals surface area (Å²) in [6.07, 6.45) is 3.87. The zero-order valence-corrected chi connectivity index (χ0v) is 20.0. The molecule has 4 rings (SSSR count). The van der Waals surface area contributed by atoms with E-state index in [1.165, 1.54) is 22.3 Å². The Morgan fingerprint density at radius 2 is 1.58 bits per heavy atom. The second-order valence-electron chi connectivity index (χ2n) is 8.09. The van der Waals surface area contributed by atoms with Crippen LogP contribution >= 0.6 is 24.8 Å². The van der Waals surface area contributed by atoms with Crippen molar-refractivity contribution in [3.05, 3.63) is 58.7 Å². The third-order valence-electron chi connectivity index (χ3n) is 6.38. The second-order valence-corrected chi connectivity index (χ2v) is 8.09. The number of hydrogen-bond acceptors (Lipinski definition) is 5. The molecule has 0 aliphatic carbocycles. The van der Waals surface area contributed by atoms with Gasteiger partial charge < -0.3 is 19.9 Å². The third-order valence-corrected chi connectivity index (χ3v) is 6.38. The lowest BCUT2D eigenvalue weighted by molar-refractivity contribution is -0.0990. The maximum atomic E-state index is 6.41. The maximum absolute atomic E-state index is 6.41. The summed E-state index contributed by atoms with van der Waals surface area (Å²) in [4.78, 5) is 2.53. The van der Waals surface area contributed by atoms with Gasteiger partial charge in [-0.05, 0) is 66.6 Å². The molecule has 0 unspecified atom stereocenters. The van der Waals surface area contributed by atoms with Crippen LogP contribution in [0.2, 0.25) is 0 Å². The van der Waals surface area contributed by atoms with E-state index in [0.717, 1.165) is 63.4 Å². The molecule has 0 radical (unpaired) electrons. The van der Waals surface area contributed by atoms with Gasteiger partial charge in [0.15, 0.2) is 11.5 Å². The van der Waals surface area contributed by atoms with E-state index >= 15 is 0 Å². The van der Waals surface area contributed by atoms with Crippen molar-refractivity contribution in [2.75, 3.05) is 40.5 Å². The first kappa shape index (κ1) is 25.8. The van der Waals surface area contributed by atoms with Gasteiger partial charge in [0.1, 0.15) is 0 Å². The normalized spacial score (nSPS) is 17.3. The Balaban J connectivity index is 0.00000171. The fraction of sp³-hybridized carbons (Fsp3) is 0.500. The molecule has 2 aliphatic heterocycles. The Hall–Kier alpha value is -1.50. The van der Waals surface area contributed by atoms with Crippen LogP contribution in [-0.4, -0.2) is 45.4 Å². The van der Waals surface area contributed by atoms with E-state index in [1.807, 2.05) is 0 Å². The van der Waals surface area contributed by atoms with Gasteiger partial charge >= 0.3 is 0 Å². The number of likely N-dealkylation sites (tertiary alicyclic amines) is 1. The topological polar surface area (TPSA) is 57.0 Å². The van der Waals surface area contributed by atoms with Crippen LogP contribution in [0.15, 0.2) is 36.4 Å². The van der Waals surface area contributed by atoms with Crippen LogP contribution in [-0.2, 0) is 29.7 Å². The van der Waals surface area contributed by atoms with Gasteiger partial charge in [-0.25, -0.2) is 0 Å². The summed E-state index contributed by atoms with van der Waals surface area (Å²) in [6.45, 7) is 4.51. The van der Waals surface area contributed by atoms with Crippen LogP contribution in [0.1, 0.15) is 35.1 Å². The van der Waals surface area contributed by atoms with Crippen molar-refractivity contribution in [2.24, 2.45) is 5.73 Å². The molecule has 2 aromatic carbocycles. The molecule has 2 aromatic rings. The summed E-state index contributed by atoms with van der Waals surface area (Å²) in [5.74, 6) is 1.59. The highest BCUT2D eigenvalue weighted by Crippen LogP contribution is 2.45. The average Bonchev–Trinajstić information content (AvgIpc) is 2.76. The molecule has 0 saturated carbocycles. The molecule has 2 aliphatic rings. The number of nitrogens with two attached hydrogens (primary N) is 1. The first-order valence-corrected chi connectivity index (χ1v) is 10.6. The number of ether oxygens (including phenoxy) is 3. The van der Waals surface area contributed by atoms with E-state index < -0.39 is 0 Å². The number of fused-ring (bicyclic) bond motifs is 2. The fourth-order valence-corrected chi connectivity index (χ4v) is 4.71. The number of benzene rings is 2. The van der Waals surface area contributed by atoms with Crippen molar-refractivity contribution in [1.29, 1.82) is 0 Å². The summed E-state index contributed by atoms with van der Waals surface area (Å²) < 4.78 is 17.5. The molecule has 7 heteroatoms. The summed E-state index contributed by atoms with van der Waals surface area (Å²) in [6, 6.07) is 13.1. The predicted octanol–water partition coefficient (Wildman–Crippen LogP) is 4.11.